The first-order chi connectivity index (χ1) is 14.0. The van der Waals surface area contributed by atoms with E-state index in [9.17, 15) is 9.59 Å². The van der Waals surface area contributed by atoms with E-state index < -0.39 is 0 Å². The van der Waals surface area contributed by atoms with Crippen molar-refractivity contribution in [1.29, 1.82) is 0 Å². The van der Waals surface area contributed by atoms with Crippen LogP contribution in [0.25, 0.3) is 17.5 Å². The van der Waals surface area contributed by atoms with Crippen molar-refractivity contribution in [3.05, 3.63) is 84.2 Å². The van der Waals surface area contributed by atoms with E-state index in [2.05, 4.69) is 9.97 Å². The van der Waals surface area contributed by atoms with Crippen molar-refractivity contribution in [3.63, 3.8) is 0 Å². The molecule has 0 aliphatic heterocycles. The first-order valence-corrected chi connectivity index (χ1v) is 9.06. The lowest BCUT2D eigenvalue weighted by Gasteiger charge is -2.11. The topological polar surface area (TPSA) is 72.4 Å². The Kier molecular flexibility index (Phi) is 6.47. The van der Waals surface area contributed by atoms with Crippen LogP contribution in [-0.4, -0.2) is 47.3 Å². The Hall–Kier alpha value is -3.80. The molecule has 3 rings (SSSR count). The minimum Gasteiger partial charge on any atom is -0.484 e. The van der Waals surface area contributed by atoms with Crippen molar-refractivity contribution < 1.29 is 14.3 Å². The zero-order valence-corrected chi connectivity index (χ0v) is 16.3. The maximum absolute atomic E-state index is 12.4. The van der Waals surface area contributed by atoms with Crippen molar-refractivity contribution in [2.45, 2.75) is 0 Å². The number of allylic oxidation sites excluding steroid dienone is 1. The van der Waals surface area contributed by atoms with Crippen LogP contribution >= 0.6 is 0 Å². The number of benzene rings is 2. The van der Waals surface area contributed by atoms with Crippen LogP contribution in [0.2, 0.25) is 0 Å². The molecule has 0 bridgehead atoms. The monoisotopic (exact) mass is 387 g/mol. The quantitative estimate of drug-likeness (QED) is 0.458. The maximum atomic E-state index is 12.4. The average Bonchev–Trinajstić information content (AvgIpc) is 2.77. The van der Waals surface area contributed by atoms with Gasteiger partial charge in [0.2, 0.25) is 0 Å². The summed E-state index contributed by atoms with van der Waals surface area (Å²) in [6.07, 6.45) is 6.47. The lowest BCUT2D eigenvalue weighted by atomic mass is 10.1. The van der Waals surface area contributed by atoms with Crippen molar-refractivity contribution in [2.75, 3.05) is 20.7 Å². The predicted octanol–water partition coefficient (Wildman–Crippen LogP) is 3.51. The van der Waals surface area contributed by atoms with E-state index in [4.69, 9.17) is 4.74 Å². The zero-order valence-electron chi connectivity index (χ0n) is 16.3. The molecular formula is C23H21N3O3. The number of amides is 1. The maximum Gasteiger partial charge on any atom is 0.259 e. The van der Waals surface area contributed by atoms with Gasteiger partial charge in [-0.3, -0.25) is 9.59 Å². The van der Waals surface area contributed by atoms with Gasteiger partial charge in [0.25, 0.3) is 5.91 Å². The van der Waals surface area contributed by atoms with Crippen molar-refractivity contribution in [2.24, 2.45) is 0 Å². The van der Waals surface area contributed by atoms with Gasteiger partial charge in [-0.2, -0.15) is 0 Å². The number of nitrogens with zero attached hydrogens (tertiary/aromatic N) is 3. The first kappa shape index (κ1) is 19.9. The summed E-state index contributed by atoms with van der Waals surface area (Å²) in [7, 11) is 3.32. The molecule has 3 aromatic rings. The Morgan fingerprint density at radius 3 is 2.41 bits per heavy atom. The summed E-state index contributed by atoms with van der Waals surface area (Å²) in [4.78, 5) is 34.2. The van der Waals surface area contributed by atoms with E-state index in [-0.39, 0.29) is 18.3 Å². The van der Waals surface area contributed by atoms with Crippen LogP contribution in [0.3, 0.4) is 0 Å². The van der Waals surface area contributed by atoms with Crippen molar-refractivity contribution in [3.8, 4) is 17.1 Å². The fraction of sp³-hybridized carbons (Fsp3) is 0.130. The normalized spacial score (nSPS) is 10.7. The summed E-state index contributed by atoms with van der Waals surface area (Å²) in [6, 6.07) is 16.4. The molecule has 6 heteroatoms. The molecular weight excluding hydrogens is 366 g/mol. The van der Waals surface area contributed by atoms with Crippen LogP contribution in [0.4, 0.5) is 0 Å². The van der Waals surface area contributed by atoms with E-state index in [1.54, 1.807) is 56.8 Å². The van der Waals surface area contributed by atoms with Crippen LogP contribution in [0.15, 0.2) is 73.1 Å². The Bertz CT molecular complexity index is 1010. The SMILES string of the molecule is CN(C)C(=O)COc1cccc(C(=O)/C=C/c2cnc(-c3ccccc3)nc2)c1. The van der Waals surface area contributed by atoms with Crippen LogP contribution < -0.4 is 4.74 Å². The summed E-state index contributed by atoms with van der Waals surface area (Å²) in [5.74, 6) is 0.767. The molecule has 0 N–H and O–H groups in total. The predicted molar refractivity (Wildman–Crippen MR) is 111 cm³/mol. The van der Waals surface area contributed by atoms with Crippen molar-refractivity contribution >= 4 is 17.8 Å². The second-order valence-corrected chi connectivity index (χ2v) is 6.51. The molecule has 1 heterocycles. The second kappa shape index (κ2) is 9.41. The molecule has 0 radical (unpaired) electrons. The molecule has 1 amide bonds. The molecule has 0 aliphatic rings. The zero-order chi connectivity index (χ0) is 20.6. The summed E-state index contributed by atoms with van der Waals surface area (Å²) < 4.78 is 5.45. The number of hydrogen-bond acceptors (Lipinski definition) is 5. The molecule has 29 heavy (non-hydrogen) atoms. The highest BCUT2D eigenvalue weighted by molar-refractivity contribution is 6.07. The number of ketones is 1. The van der Waals surface area contributed by atoms with Crippen LogP contribution in [0.1, 0.15) is 15.9 Å². The molecule has 146 valence electrons. The van der Waals surface area contributed by atoms with E-state index in [0.717, 1.165) is 11.1 Å². The van der Waals surface area contributed by atoms with Crippen LogP contribution in [-0.2, 0) is 4.79 Å². The molecule has 0 saturated carbocycles. The number of likely N-dealkylation sites (N-methyl/N-ethyl adjacent to an activating group) is 1. The molecule has 0 saturated heterocycles. The molecule has 2 aromatic carbocycles. The molecule has 0 spiro atoms. The third kappa shape index (κ3) is 5.59. The number of aromatic nitrogens is 2. The highest BCUT2D eigenvalue weighted by atomic mass is 16.5. The fourth-order valence-corrected chi connectivity index (χ4v) is 2.44. The van der Waals surface area contributed by atoms with Gasteiger partial charge in [0.1, 0.15) is 5.75 Å². The van der Waals surface area contributed by atoms with Gasteiger partial charge >= 0.3 is 0 Å². The molecule has 0 fully saturated rings. The van der Waals surface area contributed by atoms with Crippen LogP contribution in [0, 0.1) is 0 Å². The summed E-state index contributed by atoms with van der Waals surface area (Å²) in [5, 5.41) is 0. The molecule has 0 unspecified atom stereocenters. The Morgan fingerprint density at radius 2 is 1.72 bits per heavy atom. The van der Waals surface area contributed by atoms with Gasteiger partial charge < -0.3 is 9.64 Å². The van der Waals surface area contributed by atoms with E-state index in [1.165, 1.54) is 11.0 Å². The molecule has 0 aliphatic carbocycles. The minimum atomic E-state index is -0.179. The third-order valence-corrected chi connectivity index (χ3v) is 4.11. The lowest BCUT2D eigenvalue weighted by Crippen LogP contribution is -2.27. The van der Waals surface area contributed by atoms with Gasteiger partial charge in [-0.15, -0.1) is 0 Å². The summed E-state index contributed by atoms with van der Waals surface area (Å²) >= 11 is 0. The Morgan fingerprint density at radius 1 is 1.00 bits per heavy atom. The number of hydrogen-bond donors (Lipinski definition) is 0. The standard InChI is InChI=1S/C23H21N3O3/c1-26(2)22(28)16-29-20-10-6-9-19(13-20)21(27)12-11-17-14-24-23(25-15-17)18-7-4-3-5-8-18/h3-15H,16H2,1-2H3/b12-11+. The van der Waals surface area contributed by atoms with E-state index in [0.29, 0.717) is 17.1 Å². The van der Waals surface area contributed by atoms with Crippen LogP contribution in [0.5, 0.6) is 5.75 Å². The van der Waals surface area contributed by atoms with E-state index in [1.807, 2.05) is 30.3 Å². The van der Waals surface area contributed by atoms with Gasteiger partial charge in [0.15, 0.2) is 18.2 Å². The minimum absolute atomic E-state index is 0.0778. The molecule has 0 atom stereocenters. The fourth-order valence-electron chi connectivity index (χ4n) is 2.44. The molecule has 6 nitrogen and oxygen atoms in total. The second-order valence-electron chi connectivity index (χ2n) is 6.51. The van der Waals surface area contributed by atoms with Crippen molar-refractivity contribution in [1.82, 2.24) is 14.9 Å². The molecule has 1 aromatic heterocycles. The highest BCUT2D eigenvalue weighted by Gasteiger charge is 2.07. The Labute approximate surface area is 169 Å². The van der Waals surface area contributed by atoms with Gasteiger partial charge in [-0.25, -0.2) is 9.97 Å². The number of carbonyl (C=O) groups excluding carboxylic acids is 2. The van der Waals surface area contributed by atoms with Gasteiger partial charge in [0.05, 0.1) is 0 Å². The summed E-state index contributed by atoms with van der Waals surface area (Å²) in [6.45, 7) is -0.0778. The number of rotatable bonds is 7. The van der Waals surface area contributed by atoms with Gasteiger partial charge in [0, 0.05) is 43.2 Å². The largest absolute Gasteiger partial charge is 0.484 e. The summed E-state index contributed by atoms with van der Waals surface area (Å²) in [5.41, 5.74) is 2.13. The lowest BCUT2D eigenvalue weighted by molar-refractivity contribution is -0.130. The average molecular weight is 387 g/mol. The number of ether oxygens (including phenoxy) is 1. The number of carbonyl (C=O) groups is 2. The third-order valence-electron chi connectivity index (χ3n) is 4.11. The smallest absolute Gasteiger partial charge is 0.259 e. The first-order valence-electron chi connectivity index (χ1n) is 9.06. The highest BCUT2D eigenvalue weighted by Crippen LogP contribution is 2.16. The van der Waals surface area contributed by atoms with E-state index >= 15 is 0 Å². The van der Waals surface area contributed by atoms with Gasteiger partial charge in [-0.05, 0) is 24.3 Å². The Balaban J connectivity index is 1.64. The van der Waals surface area contributed by atoms with Gasteiger partial charge in [-0.1, -0.05) is 42.5 Å².